The second-order valence-corrected chi connectivity index (χ2v) is 14.0. The van der Waals surface area contributed by atoms with Crippen LogP contribution in [0.3, 0.4) is 0 Å². The Morgan fingerprint density at radius 3 is 1.14 bits per heavy atom. The highest BCUT2D eigenvalue weighted by Crippen LogP contribution is 2.27. The molecule has 0 aromatic carbocycles. The first-order valence-electron chi connectivity index (χ1n) is 19.8. The maximum Gasteiger partial charge on any atom is 0.257 e. The van der Waals surface area contributed by atoms with Crippen molar-refractivity contribution in [3.05, 3.63) is 18.2 Å². The third-order valence-corrected chi connectivity index (χ3v) is 9.89. The summed E-state index contributed by atoms with van der Waals surface area (Å²) in [5.74, 6) is 2.24. The Bertz CT molecular complexity index is 650. The molecule has 2 unspecified atom stereocenters. The van der Waals surface area contributed by atoms with Gasteiger partial charge < -0.3 is 0 Å². The highest BCUT2D eigenvalue weighted by atomic mass is 15.1. The Balaban J connectivity index is 2.27. The molecule has 1 rings (SSSR count). The van der Waals surface area contributed by atoms with Crippen LogP contribution in [0.4, 0.5) is 0 Å². The maximum atomic E-state index is 3.72. The lowest BCUT2D eigenvalue weighted by molar-refractivity contribution is -0.727. The molecule has 2 nitrogen and oxygen atoms in total. The van der Waals surface area contributed by atoms with Gasteiger partial charge >= 0.3 is 0 Å². The molecule has 0 aliphatic rings. The van der Waals surface area contributed by atoms with Gasteiger partial charge in [-0.3, -0.25) is 0 Å². The van der Waals surface area contributed by atoms with E-state index in [1.807, 2.05) is 0 Å². The lowest BCUT2D eigenvalue weighted by Crippen LogP contribution is -2.41. The van der Waals surface area contributed by atoms with Gasteiger partial charge in [-0.1, -0.05) is 194 Å². The molecule has 1 aromatic heterocycles. The largest absolute Gasteiger partial charge is 0.257 e. The quantitative estimate of drug-likeness (QED) is 0.0623. The topological polar surface area (TPSA) is 19.7 Å². The first kappa shape index (κ1) is 39.2. The van der Waals surface area contributed by atoms with Gasteiger partial charge in [0, 0.05) is 0 Å². The average Bonchev–Trinajstić information content (AvgIpc) is 3.49. The minimum atomic E-state index is 0.618. The molecule has 0 aliphatic carbocycles. The van der Waals surface area contributed by atoms with Crippen molar-refractivity contribution in [3.8, 4) is 0 Å². The molecule has 0 saturated heterocycles. The van der Waals surface area contributed by atoms with Crippen LogP contribution in [0.5, 0.6) is 0 Å². The molecule has 2 atom stereocenters. The summed E-state index contributed by atoms with van der Waals surface area (Å²) in [5.41, 5.74) is 0. The van der Waals surface area contributed by atoms with Gasteiger partial charge in [-0.25, -0.2) is 9.55 Å². The van der Waals surface area contributed by atoms with Crippen LogP contribution in [0.25, 0.3) is 0 Å². The van der Waals surface area contributed by atoms with E-state index < -0.39 is 0 Å². The third kappa shape index (κ3) is 21.8. The third-order valence-electron chi connectivity index (χ3n) is 9.89. The van der Waals surface area contributed by atoms with E-state index in [1.165, 1.54) is 205 Å². The van der Waals surface area contributed by atoms with Gasteiger partial charge in [0.1, 0.15) is 12.4 Å². The molecule has 2 heteroatoms. The Hall–Kier alpha value is -0.790. The summed E-state index contributed by atoms with van der Waals surface area (Å²) in [6.07, 6.45) is 48.8. The van der Waals surface area contributed by atoms with Crippen molar-refractivity contribution in [3.63, 3.8) is 0 Å². The van der Waals surface area contributed by atoms with Crippen LogP contribution < -0.4 is 4.57 Å². The first-order valence-corrected chi connectivity index (χ1v) is 19.8. The Labute approximate surface area is 266 Å². The highest BCUT2D eigenvalue weighted by Gasteiger charge is 2.25. The minimum absolute atomic E-state index is 0.618. The van der Waals surface area contributed by atoms with Gasteiger partial charge in [-0.15, -0.1) is 0 Å². The van der Waals surface area contributed by atoms with E-state index in [9.17, 15) is 0 Å². The van der Waals surface area contributed by atoms with Crippen molar-refractivity contribution in [1.29, 1.82) is 0 Å². The van der Waals surface area contributed by atoms with Crippen LogP contribution in [0.15, 0.2) is 12.4 Å². The van der Waals surface area contributed by atoms with E-state index in [-0.39, 0.29) is 0 Å². The van der Waals surface area contributed by atoms with E-state index in [1.54, 1.807) is 0 Å². The monoisotopic (exact) mass is 588 g/mol. The molecule has 1 heterocycles. The number of aromatic amines is 1. The van der Waals surface area contributed by atoms with Gasteiger partial charge in [0.15, 0.2) is 0 Å². The van der Waals surface area contributed by atoms with Crippen molar-refractivity contribution in [1.82, 2.24) is 4.98 Å². The number of imidazole rings is 1. The molecule has 0 saturated carbocycles. The second kappa shape index (κ2) is 30.2. The van der Waals surface area contributed by atoms with Crippen molar-refractivity contribution in [2.45, 2.75) is 239 Å². The highest BCUT2D eigenvalue weighted by molar-refractivity contribution is 4.90. The van der Waals surface area contributed by atoms with Gasteiger partial charge in [0.05, 0.1) is 12.0 Å². The number of nitrogens with one attached hydrogen (secondary N) is 1. The fourth-order valence-corrected chi connectivity index (χ4v) is 6.94. The molecular weight excluding hydrogens is 508 g/mol. The summed E-state index contributed by atoms with van der Waals surface area (Å²) in [6.45, 7) is 9.37. The average molecular weight is 588 g/mol. The summed E-state index contributed by atoms with van der Waals surface area (Å²) >= 11 is 0. The van der Waals surface area contributed by atoms with E-state index >= 15 is 0 Å². The Morgan fingerprint density at radius 1 is 0.452 bits per heavy atom. The standard InChI is InChI=1S/C40H78N2/c1-5-8-11-13-15-17-19-20-21-22-24-26-28-30-32-35-39(40-41-36-37-42(40)38(4)33-10-7-3)34-31-29-27-25-23-18-16-14-12-9-6-2/h36-39H,5-35H2,1-4H3/p+1. The van der Waals surface area contributed by atoms with Crippen molar-refractivity contribution in [2.24, 2.45) is 0 Å². The van der Waals surface area contributed by atoms with Gasteiger partial charge in [0.25, 0.3) is 5.82 Å². The van der Waals surface area contributed by atoms with Crippen LogP contribution in [-0.4, -0.2) is 4.98 Å². The predicted octanol–water partition coefficient (Wildman–Crippen LogP) is 14.1. The number of hydrogen-bond donors (Lipinski definition) is 1. The molecule has 1 aromatic rings. The van der Waals surface area contributed by atoms with Crippen LogP contribution in [0.2, 0.25) is 0 Å². The second-order valence-electron chi connectivity index (χ2n) is 14.0. The van der Waals surface area contributed by atoms with E-state index in [0.29, 0.717) is 12.0 Å². The number of hydrogen-bond acceptors (Lipinski definition) is 0. The normalized spacial score (nSPS) is 13.1. The molecule has 0 bridgehead atoms. The number of rotatable bonds is 33. The smallest absolute Gasteiger partial charge is 0.247 e. The van der Waals surface area contributed by atoms with Crippen LogP contribution in [0, 0.1) is 0 Å². The molecular formula is C40H79N2+. The first-order chi connectivity index (χ1) is 20.7. The molecule has 1 N–H and O–H groups in total. The van der Waals surface area contributed by atoms with Gasteiger partial charge in [-0.05, 0) is 32.6 Å². The fourth-order valence-electron chi connectivity index (χ4n) is 6.94. The summed E-state index contributed by atoms with van der Waals surface area (Å²) in [5, 5.41) is 0. The Kier molecular flexibility index (Phi) is 28.3. The zero-order chi connectivity index (χ0) is 30.4. The van der Waals surface area contributed by atoms with E-state index in [4.69, 9.17) is 0 Å². The van der Waals surface area contributed by atoms with Crippen LogP contribution in [-0.2, 0) is 0 Å². The van der Waals surface area contributed by atoms with Gasteiger partial charge in [0.2, 0.25) is 0 Å². The summed E-state index contributed by atoms with van der Waals surface area (Å²) in [4.78, 5) is 3.72. The summed E-state index contributed by atoms with van der Waals surface area (Å²) in [6, 6.07) is 0.618. The molecule has 0 fully saturated rings. The maximum absolute atomic E-state index is 3.72. The molecule has 0 aliphatic heterocycles. The minimum Gasteiger partial charge on any atom is -0.247 e. The number of unbranched alkanes of at least 4 members (excludes halogenated alkanes) is 25. The summed E-state index contributed by atoms with van der Waals surface area (Å²) in [7, 11) is 0. The predicted molar refractivity (Wildman–Crippen MR) is 189 cm³/mol. The molecule has 0 radical (unpaired) electrons. The fraction of sp³-hybridized carbons (Fsp3) is 0.925. The Morgan fingerprint density at radius 2 is 0.786 bits per heavy atom. The van der Waals surface area contributed by atoms with Crippen molar-refractivity contribution in [2.75, 3.05) is 0 Å². The zero-order valence-corrected chi connectivity index (χ0v) is 29.7. The lowest BCUT2D eigenvalue weighted by atomic mass is 9.92. The van der Waals surface area contributed by atoms with Crippen molar-refractivity contribution >= 4 is 0 Å². The van der Waals surface area contributed by atoms with Gasteiger partial charge in [-0.2, -0.15) is 0 Å². The van der Waals surface area contributed by atoms with Crippen LogP contribution in [0.1, 0.15) is 245 Å². The number of aromatic nitrogens is 2. The van der Waals surface area contributed by atoms with Crippen molar-refractivity contribution < 1.29 is 4.57 Å². The molecule has 0 spiro atoms. The molecule has 248 valence electrons. The number of H-pyrrole nitrogens is 1. The lowest BCUT2D eigenvalue weighted by Gasteiger charge is -2.17. The summed E-state index contributed by atoms with van der Waals surface area (Å²) < 4.78 is 2.60. The van der Waals surface area contributed by atoms with Crippen LogP contribution >= 0.6 is 0 Å². The SMILES string of the molecule is CCCCCCCCCCCCCCCCCC(CCCCCCCCCCCCC)c1[nH]cc[n+]1C(C)CCCC. The number of nitrogens with zero attached hydrogens (tertiary/aromatic N) is 1. The van der Waals surface area contributed by atoms with E-state index in [0.717, 1.165) is 0 Å². The zero-order valence-electron chi connectivity index (χ0n) is 29.7. The molecule has 42 heavy (non-hydrogen) atoms. The molecule has 0 amide bonds. The van der Waals surface area contributed by atoms with E-state index in [2.05, 4.69) is 49.6 Å².